The number of hydrogen-bond donors (Lipinski definition) is 5. The summed E-state index contributed by atoms with van der Waals surface area (Å²) in [5.41, 5.74) is 7.55. The smallest absolute Gasteiger partial charge is 0.253 e. The van der Waals surface area contributed by atoms with Crippen LogP contribution in [0.4, 0.5) is 0 Å². The number of aryl methyl sites for hydroxylation is 1. The molecule has 230 valence electrons. The lowest BCUT2D eigenvalue weighted by Crippen LogP contribution is -2.30. The average Bonchev–Trinajstić information content (AvgIpc) is 3.63. The van der Waals surface area contributed by atoms with E-state index in [0.29, 0.717) is 52.4 Å². The molecule has 9 heteroatoms. The van der Waals surface area contributed by atoms with Gasteiger partial charge in [-0.25, -0.2) is 0 Å². The maximum atomic E-state index is 13.3. The summed E-state index contributed by atoms with van der Waals surface area (Å²) in [6.45, 7) is 6.57. The lowest BCUT2D eigenvalue weighted by molar-refractivity contribution is -0.115. The molecule has 45 heavy (non-hydrogen) atoms. The van der Waals surface area contributed by atoms with Gasteiger partial charge in [0, 0.05) is 42.0 Å². The number of nitrogens with one attached hydrogen (secondary N) is 4. The SMILES string of the molecule is Cc1[nH]c(/C=C2\C(=O)NCc3ccc(C(=O)N[C@H](C)c4ccccc4)cc32)c(C)c1C(=O)NCC(O)c1ccc2c(c1)CCO2. The van der Waals surface area contributed by atoms with Crippen molar-refractivity contribution in [2.45, 2.75) is 45.9 Å². The zero-order valence-corrected chi connectivity index (χ0v) is 25.5. The third-order valence-electron chi connectivity index (χ3n) is 8.54. The van der Waals surface area contributed by atoms with Gasteiger partial charge in [0.2, 0.25) is 0 Å². The van der Waals surface area contributed by atoms with E-state index in [1.165, 1.54) is 0 Å². The number of amides is 3. The van der Waals surface area contributed by atoms with E-state index in [9.17, 15) is 19.5 Å². The van der Waals surface area contributed by atoms with Crippen molar-refractivity contribution < 1.29 is 24.2 Å². The van der Waals surface area contributed by atoms with Gasteiger partial charge in [0.25, 0.3) is 17.7 Å². The van der Waals surface area contributed by atoms with Crippen molar-refractivity contribution >= 4 is 29.4 Å². The van der Waals surface area contributed by atoms with Crippen LogP contribution in [0.1, 0.15) is 84.6 Å². The molecule has 6 rings (SSSR count). The van der Waals surface area contributed by atoms with Crippen LogP contribution >= 0.6 is 0 Å². The molecule has 0 spiro atoms. The molecule has 0 radical (unpaired) electrons. The average molecular weight is 605 g/mol. The highest BCUT2D eigenvalue weighted by atomic mass is 16.5. The van der Waals surface area contributed by atoms with Crippen molar-refractivity contribution in [2.75, 3.05) is 13.2 Å². The van der Waals surface area contributed by atoms with Crippen LogP contribution in [0.5, 0.6) is 5.75 Å². The Morgan fingerprint density at radius 1 is 1.00 bits per heavy atom. The third kappa shape index (κ3) is 6.12. The Labute approximate surface area is 261 Å². The molecule has 3 amide bonds. The van der Waals surface area contributed by atoms with Crippen LogP contribution in [0.25, 0.3) is 11.6 Å². The highest BCUT2D eigenvalue weighted by molar-refractivity contribution is 6.25. The summed E-state index contributed by atoms with van der Waals surface area (Å²) in [7, 11) is 0. The van der Waals surface area contributed by atoms with Gasteiger partial charge in [0.15, 0.2) is 0 Å². The monoisotopic (exact) mass is 604 g/mol. The Balaban J connectivity index is 1.21. The number of aliphatic hydroxyl groups excluding tert-OH is 1. The first-order valence-corrected chi connectivity index (χ1v) is 15.1. The number of carbonyl (C=O) groups excluding carboxylic acids is 3. The Morgan fingerprint density at radius 3 is 2.60 bits per heavy atom. The fraction of sp³-hybridized carbons (Fsp3) is 0.250. The normalized spacial score (nSPS) is 15.8. The van der Waals surface area contributed by atoms with Crippen LogP contribution in [-0.2, 0) is 17.8 Å². The van der Waals surface area contributed by atoms with Crippen LogP contribution in [0.15, 0.2) is 66.7 Å². The van der Waals surface area contributed by atoms with Gasteiger partial charge in [-0.2, -0.15) is 0 Å². The predicted molar refractivity (Wildman–Crippen MR) is 172 cm³/mol. The van der Waals surface area contributed by atoms with Crippen molar-refractivity contribution in [3.05, 3.63) is 123 Å². The Hall–Kier alpha value is -5.15. The van der Waals surface area contributed by atoms with E-state index in [0.717, 1.165) is 34.4 Å². The number of carbonyl (C=O) groups is 3. The van der Waals surface area contributed by atoms with E-state index in [2.05, 4.69) is 20.9 Å². The van der Waals surface area contributed by atoms with Gasteiger partial charge in [0.05, 0.1) is 24.3 Å². The van der Waals surface area contributed by atoms with Crippen LogP contribution < -0.4 is 20.7 Å². The lowest BCUT2D eigenvalue weighted by atomic mass is 9.92. The molecule has 0 saturated heterocycles. The van der Waals surface area contributed by atoms with Crippen molar-refractivity contribution in [1.82, 2.24) is 20.9 Å². The predicted octanol–water partition coefficient (Wildman–Crippen LogP) is 4.69. The molecule has 1 unspecified atom stereocenters. The van der Waals surface area contributed by atoms with Crippen molar-refractivity contribution in [3.8, 4) is 5.75 Å². The quantitative estimate of drug-likeness (QED) is 0.186. The van der Waals surface area contributed by atoms with Gasteiger partial charge < -0.3 is 30.8 Å². The Bertz CT molecular complexity index is 1820. The molecule has 2 aliphatic rings. The first kappa shape index (κ1) is 29.9. The van der Waals surface area contributed by atoms with E-state index in [1.54, 1.807) is 25.1 Å². The molecule has 2 aliphatic heterocycles. The zero-order chi connectivity index (χ0) is 31.7. The minimum absolute atomic E-state index is 0.0441. The number of hydrogen-bond acceptors (Lipinski definition) is 5. The fourth-order valence-corrected chi connectivity index (χ4v) is 5.98. The summed E-state index contributed by atoms with van der Waals surface area (Å²) in [4.78, 5) is 42.8. The summed E-state index contributed by atoms with van der Waals surface area (Å²) < 4.78 is 5.54. The molecule has 2 atom stereocenters. The summed E-state index contributed by atoms with van der Waals surface area (Å²) in [5.74, 6) is 0.00930. The number of fused-ring (bicyclic) bond motifs is 2. The molecular formula is C36H36N4O5. The van der Waals surface area contributed by atoms with E-state index < -0.39 is 6.10 Å². The number of aromatic nitrogens is 1. The number of ether oxygens (including phenoxy) is 1. The summed E-state index contributed by atoms with van der Waals surface area (Å²) in [6, 6.07) is 20.5. The van der Waals surface area contributed by atoms with Gasteiger partial charge in [0.1, 0.15) is 5.75 Å². The molecular weight excluding hydrogens is 568 g/mol. The molecule has 5 N–H and O–H groups in total. The van der Waals surface area contributed by atoms with Gasteiger partial charge in [-0.05, 0) is 84.5 Å². The van der Waals surface area contributed by atoms with E-state index in [-0.39, 0.29) is 30.3 Å². The Morgan fingerprint density at radius 2 is 1.80 bits per heavy atom. The third-order valence-corrected chi connectivity index (χ3v) is 8.54. The minimum Gasteiger partial charge on any atom is -0.493 e. The van der Waals surface area contributed by atoms with Gasteiger partial charge in [-0.1, -0.05) is 42.5 Å². The van der Waals surface area contributed by atoms with E-state index >= 15 is 0 Å². The molecule has 4 aromatic rings. The molecule has 0 saturated carbocycles. The second kappa shape index (κ2) is 12.5. The summed E-state index contributed by atoms with van der Waals surface area (Å²) in [5, 5.41) is 19.5. The number of aliphatic hydroxyl groups is 1. The molecule has 0 fully saturated rings. The zero-order valence-electron chi connectivity index (χ0n) is 25.5. The first-order valence-electron chi connectivity index (χ1n) is 15.1. The van der Waals surface area contributed by atoms with Crippen molar-refractivity contribution in [2.24, 2.45) is 0 Å². The van der Waals surface area contributed by atoms with Crippen molar-refractivity contribution in [1.29, 1.82) is 0 Å². The molecule has 3 heterocycles. The number of benzene rings is 3. The van der Waals surface area contributed by atoms with Gasteiger partial charge in [-0.3, -0.25) is 14.4 Å². The number of H-pyrrole nitrogens is 1. The van der Waals surface area contributed by atoms with E-state index in [1.807, 2.05) is 68.4 Å². The number of rotatable bonds is 8. The lowest BCUT2D eigenvalue weighted by Gasteiger charge is -2.21. The molecule has 0 bridgehead atoms. The minimum atomic E-state index is -0.870. The summed E-state index contributed by atoms with van der Waals surface area (Å²) >= 11 is 0. The maximum absolute atomic E-state index is 13.3. The van der Waals surface area contributed by atoms with Crippen LogP contribution in [0, 0.1) is 13.8 Å². The molecule has 3 aromatic carbocycles. The van der Waals surface area contributed by atoms with Gasteiger partial charge >= 0.3 is 0 Å². The standard InChI is InChI=1S/C36H36N4O5/c1-20-30(39-22(3)33(20)36(44)38-19-31(41)24-11-12-32-25(15-24)13-14-45-32)17-29-28-16-26(9-10-27(28)18-37-35(29)43)34(42)40-21(2)23-7-5-4-6-8-23/h4-12,15-17,21,31,39,41H,13-14,18-19H2,1-3H3,(H,37,43)(H,38,44)(H,40,42)/b29-17-/t21-,31?/m1/s1. The maximum Gasteiger partial charge on any atom is 0.253 e. The first-order chi connectivity index (χ1) is 21.7. The topological polar surface area (TPSA) is 133 Å². The van der Waals surface area contributed by atoms with Gasteiger partial charge in [-0.15, -0.1) is 0 Å². The highest BCUT2D eigenvalue weighted by Crippen LogP contribution is 2.30. The fourth-order valence-electron chi connectivity index (χ4n) is 5.98. The second-order valence-electron chi connectivity index (χ2n) is 11.6. The Kier molecular flexibility index (Phi) is 8.28. The van der Waals surface area contributed by atoms with Crippen LogP contribution in [0.2, 0.25) is 0 Å². The van der Waals surface area contributed by atoms with E-state index in [4.69, 9.17) is 4.74 Å². The summed E-state index contributed by atoms with van der Waals surface area (Å²) in [6.07, 6.45) is 1.65. The molecule has 1 aromatic heterocycles. The van der Waals surface area contributed by atoms with Crippen molar-refractivity contribution in [3.63, 3.8) is 0 Å². The molecule has 0 aliphatic carbocycles. The van der Waals surface area contributed by atoms with Crippen LogP contribution in [-0.4, -0.2) is 41.0 Å². The number of aromatic amines is 1. The largest absolute Gasteiger partial charge is 0.493 e. The highest BCUT2D eigenvalue weighted by Gasteiger charge is 2.25. The second-order valence-corrected chi connectivity index (χ2v) is 11.6. The molecule has 9 nitrogen and oxygen atoms in total. The van der Waals surface area contributed by atoms with Crippen LogP contribution in [0.3, 0.4) is 0 Å².